The first-order valence-electron chi connectivity index (χ1n) is 8.04. The number of likely N-dealkylation sites (N-methyl/N-ethyl adjacent to an activating group) is 1. The molecule has 0 heterocycles. The van der Waals surface area contributed by atoms with E-state index < -0.39 is 5.54 Å². The Balaban J connectivity index is 2.63. The lowest BCUT2D eigenvalue weighted by molar-refractivity contribution is -0.151. The summed E-state index contributed by atoms with van der Waals surface area (Å²) in [6, 6.07) is 0. The lowest BCUT2D eigenvalue weighted by atomic mass is 9.71. The summed E-state index contributed by atoms with van der Waals surface area (Å²) in [7, 11) is 1.50. The second-order valence-electron chi connectivity index (χ2n) is 6.22. The monoisotopic (exact) mass is 284 g/mol. The van der Waals surface area contributed by atoms with Crippen molar-refractivity contribution in [2.45, 2.75) is 52.5 Å². The van der Waals surface area contributed by atoms with Crippen LogP contribution in [0.25, 0.3) is 0 Å². The van der Waals surface area contributed by atoms with Crippen molar-refractivity contribution in [2.75, 3.05) is 33.3 Å². The average molecular weight is 284 g/mol. The number of methoxy groups -OCH3 is 1. The molecule has 0 aliphatic heterocycles. The predicted molar refractivity (Wildman–Crippen MR) is 82.7 cm³/mol. The number of ether oxygens (including phenoxy) is 1. The number of rotatable bonds is 7. The van der Waals surface area contributed by atoms with E-state index in [1.165, 1.54) is 7.11 Å². The molecule has 4 heteroatoms. The van der Waals surface area contributed by atoms with Crippen LogP contribution in [0.15, 0.2) is 0 Å². The van der Waals surface area contributed by atoms with Crippen molar-refractivity contribution in [3.05, 3.63) is 0 Å². The van der Waals surface area contributed by atoms with E-state index in [2.05, 4.69) is 37.9 Å². The number of hydrogen-bond donors (Lipinski definition) is 1. The molecule has 0 spiro atoms. The highest BCUT2D eigenvalue weighted by atomic mass is 16.5. The van der Waals surface area contributed by atoms with Crippen LogP contribution >= 0.6 is 0 Å². The molecule has 0 aromatic rings. The molecule has 1 aliphatic carbocycles. The summed E-state index contributed by atoms with van der Waals surface area (Å²) < 4.78 is 5.07. The summed E-state index contributed by atoms with van der Waals surface area (Å²) in [5, 5.41) is 3.52. The highest BCUT2D eigenvalue weighted by Gasteiger charge is 2.44. The van der Waals surface area contributed by atoms with Gasteiger partial charge in [-0.2, -0.15) is 0 Å². The maximum atomic E-state index is 12.3. The van der Waals surface area contributed by atoms with Crippen molar-refractivity contribution in [2.24, 2.45) is 11.8 Å². The minimum Gasteiger partial charge on any atom is -0.468 e. The molecule has 0 saturated heterocycles. The first-order valence-corrected chi connectivity index (χ1v) is 8.04. The van der Waals surface area contributed by atoms with Gasteiger partial charge in [0.25, 0.3) is 0 Å². The molecule has 4 nitrogen and oxygen atoms in total. The van der Waals surface area contributed by atoms with Gasteiger partial charge in [-0.3, -0.25) is 4.79 Å². The van der Waals surface area contributed by atoms with Gasteiger partial charge in [-0.05, 0) is 44.2 Å². The van der Waals surface area contributed by atoms with Gasteiger partial charge in [0, 0.05) is 13.1 Å². The molecule has 1 N–H and O–H groups in total. The molecule has 1 aliphatic rings. The normalized spacial score (nSPS) is 30.5. The van der Waals surface area contributed by atoms with E-state index in [9.17, 15) is 4.79 Å². The third-order valence-electron chi connectivity index (χ3n) is 5.03. The molecule has 0 aromatic carbocycles. The van der Waals surface area contributed by atoms with E-state index >= 15 is 0 Å². The molecule has 1 fully saturated rings. The van der Waals surface area contributed by atoms with E-state index in [-0.39, 0.29) is 5.97 Å². The largest absolute Gasteiger partial charge is 0.468 e. The highest BCUT2D eigenvalue weighted by Crippen LogP contribution is 2.36. The van der Waals surface area contributed by atoms with Crippen LogP contribution in [0.2, 0.25) is 0 Å². The van der Waals surface area contributed by atoms with Crippen LogP contribution in [0, 0.1) is 11.8 Å². The topological polar surface area (TPSA) is 41.6 Å². The quantitative estimate of drug-likeness (QED) is 0.728. The average Bonchev–Trinajstić information content (AvgIpc) is 2.46. The minimum atomic E-state index is -0.464. The lowest BCUT2D eigenvalue weighted by Crippen LogP contribution is -2.57. The van der Waals surface area contributed by atoms with Crippen LogP contribution in [0.3, 0.4) is 0 Å². The van der Waals surface area contributed by atoms with Gasteiger partial charge in [0.15, 0.2) is 0 Å². The molecule has 1 saturated carbocycles. The molecule has 0 radical (unpaired) electrons. The molecular formula is C16H32N2O2. The zero-order valence-electron chi connectivity index (χ0n) is 13.9. The van der Waals surface area contributed by atoms with Crippen molar-refractivity contribution in [3.8, 4) is 0 Å². The summed E-state index contributed by atoms with van der Waals surface area (Å²) in [4.78, 5) is 14.6. The Morgan fingerprint density at radius 2 is 1.95 bits per heavy atom. The van der Waals surface area contributed by atoms with Crippen LogP contribution in [0.1, 0.15) is 47.0 Å². The zero-order chi connectivity index (χ0) is 15.2. The van der Waals surface area contributed by atoms with Crippen molar-refractivity contribution in [1.82, 2.24) is 10.2 Å². The minimum absolute atomic E-state index is 0.0872. The van der Waals surface area contributed by atoms with Gasteiger partial charge < -0.3 is 15.0 Å². The summed E-state index contributed by atoms with van der Waals surface area (Å²) >= 11 is 0. The highest BCUT2D eigenvalue weighted by molar-refractivity contribution is 5.81. The van der Waals surface area contributed by atoms with E-state index in [1.807, 2.05) is 0 Å². The van der Waals surface area contributed by atoms with Gasteiger partial charge in [0.2, 0.25) is 0 Å². The molecular weight excluding hydrogens is 252 g/mol. The standard InChI is InChI=1S/C16H32N2O2/c1-6-18(7-2)11-10-17-16(15(19)20-5)9-8-13(3)14(4)12-16/h13-14,17H,6-12H2,1-5H3. The fourth-order valence-corrected chi connectivity index (χ4v) is 3.22. The smallest absolute Gasteiger partial charge is 0.326 e. The second-order valence-corrected chi connectivity index (χ2v) is 6.22. The van der Waals surface area contributed by atoms with Crippen molar-refractivity contribution >= 4 is 5.97 Å². The number of carbonyl (C=O) groups excluding carboxylic acids is 1. The van der Waals surface area contributed by atoms with Crippen molar-refractivity contribution in [3.63, 3.8) is 0 Å². The Hall–Kier alpha value is -0.610. The molecule has 3 unspecified atom stereocenters. The molecule has 0 bridgehead atoms. The van der Waals surface area contributed by atoms with E-state index in [0.717, 1.165) is 45.4 Å². The van der Waals surface area contributed by atoms with Gasteiger partial charge in [-0.25, -0.2) is 0 Å². The van der Waals surface area contributed by atoms with Gasteiger partial charge >= 0.3 is 5.97 Å². The third-order valence-corrected chi connectivity index (χ3v) is 5.03. The Morgan fingerprint density at radius 1 is 1.30 bits per heavy atom. The zero-order valence-corrected chi connectivity index (χ0v) is 13.9. The first-order chi connectivity index (χ1) is 9.49. The first kappa shape index (κ1) is 17.4. The van der Waals surface area contributed by atoms with Crippen LogP contribution in [0.4, 0.5) is 0 Å². The maximum Gasteiger partial charge on any atom is 0.326 e. The van der Waals surface area contributed by atoms with Crippen molar-refractivity contribution < 1.29 is 9.53 Å². The fraction of sp³-hybridized carbons (Fsp3) is 0.938. The SMILES string of the molecule is CCN(CC)CCNC1(C(=O)OC)CCC(C)C(C)C1. The van der Waals surface area contributed by atoms with Crippen LogP contribution < -0.4 is 5.32 Å². The van der Waals surface area contributed by atoms with Gasteiger partial charge in [0.05, 0.1) is 7.11 Å². The number of esters is 1. The molecule has 1 rings (SSSR count). The van der Waals surface area contributed by atoms with Crippen LogP contribution in [-0.2, 0) is 9.53 Å². The Kier molecular flexibility index (Phi) is 6.96. The van der Waals surface area contributed by atoms with E-state index in [0.29, 0.717) is 11.8 Å². The van der Waals surface area contributed by atoms with Gasteiger partial charge in [-0.1, -0.05) is 27.7 Å². The number of hydrogen-bond acceptors (Lipinski definition) is 4. The maximum absolute atomic E-state index is 12.3. The summed E-state index contributed by atoms with van der Waals surface area (Å²) in [6.07, 6.45) is 2.87. The van der Waals surface area contributed by atoms with Crippen LogP contribution in [-0.4, -0.2) is 49.7 Å². The van der Waals surface area contributed by atoms with Crippen LogP contribution in [0.5, 0.6) is 0 Å². The summed E-state index contributed by atoms with van der Waals surface area (Å²) in [5.74, 6) is 1.16. The number of nitrogens with zero attached hydrogens (tertiary/aromatic N) is 1. The van der Waals surface area contributed by atoms with Crippen molar-refractivity contribution in [1.29, 1.82) is 0 Å². The Bertz CT molecular complexity index is 305. The predicted octanol–water partition coefficient (Wildman–Crippen LogP) is 2.29. The van der Waals surface area contributed by atoms with E-state index in [4.69, 9.17) is 4.74 Å². The Morgan fingerprint density at radius 3 is 2.45 bits per heavy atom. The molecule has 0 aromatic heterocycles. The number of carbonyl (C=O) groups is 1. The molecule has 0 amide bonds. The van der Waals surface area contributed by atoms with E-state index in [1.54, 1.807) is 0 Å². The Labute approximate surface area is 124 Å². The fourth-order valence-electron chi connectivity index (χ4n) is 3.22. The van der Waals surface area contributed by atoms with Gasteiger partial charge in [0.1, 0.15) is 5.54 Å². The number of nitrogens with one attached hydrogen (secondary N) is 1. The summed E-state index contributed by atoms with van der Waals surface area (Å²) in [6.45, 7) is 12.8. The third kappa shape index (κ3) is 4.19. The summed E-state index contributed by atoms with van der Waals surface area (Å²) in [5.41, 5.74) is -0.464. The molecule has 3 atom stereocenters. The molecule has 118 valence electrons. The second kappa shape index (κ2) is 7.99. The molecule has 20 heavy (non-hydrogen) atoms. The lowest BCUT2D eigenvalue weighted by Gasteiger charge is -2.41. The van der Waals surface area contributed by atoms with Gasteiger partial charge in [-0.15, -0.1) is 0 Å².